The van der Waals surface area contributed by atoms with Crippen LogP contribution in [0, 0.1) is 21.4 Å². The van der Waals surface area contributed by atoms with Gasteiger partial charge in [-0.25, -0.2) is 0 Å². The van der Waals surface area contributed by atoms with Crippen LogP contribution < -0.4 is 0 Å². The summed E-state index contributed by atoms with van der Waals surface area (Å²) >= 11 is 1.05. The maximum Gasteiger partial charge on any atom is 0.328 e. The lowest BCUT2D eigenvalue weighted by Crippen LogP contribution is -2.14. The molecule has 0 N–H and O–H groups in total. The second kappa shape index (κ2) is 3.15. The molecule has 0 radical (unpaired) electrons. The third-order valence-electron chi connectivity index (χ3n) is 1.76. The first-order valence-electron chi connectivity index (χ1n) is 3.62. The van der Waals surface area contributed by atoms with E-state index in [1.165, 1.54) is 0 Å². The zero-order valence-corrected chi connectivity index (χ0v) is 8.09. The van der Waals surface area contributed by atoms with Crippen LogP contribution in [-0.2, 0) is 5.41 Å². The summed E-state index contributed by atoms with van der Waals surface area (Å²) in [6, 6.07) is 3.67. The Morgan fingerprint density at radius 3 is 2.77 bits per heavy atom. The molecular weight excluding hydrogens is 188 g/mol. The van der Waals surface area contributed by atoms with Crippen molar-refractivity contribution in [1.29, 1.82) is 5.26 Å². The Labute approximate surface area is 79.6 Å². The quantitative estimate of drug-likeness (QED) is 0.539. The fourth-order valence-corrected chi connectivity index (χ4v) is 1.85. The van der Waals surface area contributed by atoms with Gasteiger partial charge in [-0.3, -0.25) is 10.1 Å². The van der Waals surface area contributed by atoms with Crippen LogP contribution in [0.2, 0.25) is 0 Å². The molecule has 0 unspecified atom stereocenters. The second-order valence-electron chi connectivity index (χ2n) is 3.13. The molecule has 1 aromatic heterocycles. The molecule has 0 fully saturated rings. The fourth-order valence-electron chi connectivity index (χ4n) is 0.979. The Kier molecular flexibility index (Phi) is 2.34. The largest absolute Gasteiger partial charge is 0.328 e. The molecule has 1 heterocycles. The molecule has 0 bridgehead atoms. The summed E-state index contributed by atoms with van der Waals surface area (Å²) in [4.78, 5) is 10.1. The summed E-state index contributed by atoms with van der Waals surface area (Å²) in [5.74, 6) is 0. The number of nitriles is 1. The van der Waals surface area contributed by atoms with E-state index in [4.69, 9.17) is 5.26 Å². The van der Waals surface area contributed by atoms with E-state index in [1.807, 2.05) is 6.07 Å². The zero-order chi connectivity index (χ0) is 10.1. The third kappa shape index (κ3) is 1.68. The van der Waals surface area contributed by atoms with E-state index in [2.05, 4.69) is 0 Å². The molecule has 68 valence electrons. The number of rotatable bonds is 2. The lowest BCUT2D eigenvalue weighted by Gasteiger charge is -2.11. The summed E-state index contributed by atoms with van der Waals surface area (Å²) in [5, 5.41) is 21.0. The normalized spacial score (nSPS) is 10.8. The monoisotopic (exact) mass is 196 g/mol. The van der Waals surface area contributed by atoms with E-state index in [9.17, 15) is 10.1 Å². The fraction of sp³-hybridized carbons (Fsp3) is 0.375. The second-order valence-corrected chi connectivity index (χ2v) is 4.03. The Balaban J connectivity index is 3.24. The summed E-state index contributed by atoms with van der Waals surface area (Å²) in [7, 11) is 0. The molecule has 1 rings (SSSR count). The van der Waals surface area contributed by atoms with Crippen molar-refractivity contribution in [2.75, 3.05) is 0 Å². The predicted octanol–water partition coefficient (Wildman–Crippen LogP) is 2.46. The lowest BCUT2D eigenvalue weighted by atomic mass is 9.88. The smallest absolute Gasteiger partial charge is 0.258 e. The van der Waals surface area contributed by atoms with Crippen molar-refractivity contribution < 1.29 is 4.92 Å². The molecule has 1 aromatic rings. The first kappa shape index (κ1) is 9.68. The van der Waals surface area contributed by atoms with E-state index < -0.39 is 10.3 Å². The Bertz CT molecular complexity index is 376. The van der Waals surface area contributed by atoms with Gasteiger partial charge in [0.2, 0.25) is 0 Å². The van der Waals surface area contributed by atoms with Gasteiger partial charge in [0.1, 0.15) is 0 Å². The average Bonchev–Trinajstić information content (AvgIpc) is 2.52. The molecule has 0 saturated carbocycles. The topological polar surface area (TPSA) is 66.9 Å². The average molecular weight is 196 g/mol. The standard InChI is InChI=1S/C8H8N2O2S/c1-8(2,5-9)6-3-4-13-7(6)10(11)12/h3-4H,1-2H3. The van der Waals surface area contributed by atoms with Gasteiger partial charge >= 0.3 is 5.00 Å². The molecular formula is C8H8N2O2S. The Hall–Kier alpha value is -1.41. The highest BCUT2D eigenvalue weighted by atomic mass is 32.1. The SMILES string of the molecule is CC(C)(C#N)c1ccsc1[N+](=O)[O-]. The van der Waals surface area contributed by atoms with Crippen molar-refractivity contribution in [1.82, 2.24) is 0 Å². The van der Waals surface area contributed by atoms with Crippen LogP contribution in [0.15, 0.2) is 11.4 Å². The molecule has 0 aliphatic rings. The van der Waals surface area contributed by atoms with Crippen molar-refractivity contribution >= 4 is 16.3 Å². The number of hydrogen-bond acceptors (Lipinski definition) is 4. The molecule has 0 aromatic carbocycles. The van der Waals surface area contributed by atoms with Gasteiger partial charge in [0, 0.05) is 0 Å². The van der Waals surface area contributed by atoms with E-state index in [-0.39, 0.29) is 5.00 Å². The van der Waals surface area contributed by atoms with Crippen LogP contribution >= 0.6 is 11.3 Å². The Morgan fingerprint density at radius 1 is 1.69 bits per heavy atom. The number of nitro groups is 1. The van der Waals surface area contributed by atoms with Gasteiger partial charge < -0.3 is 0 Å². The van der Waals surface area contributed by atoms with Crippen LogP contribution in [0.5, 0.6) is 0 Å². The molecule has 0 aliphatic heterocycles. The first-order valence-corrected chi connectivity index (χ1v) is 4.50. The minimum absolute atomic E-state index is 0.0616. The predicted molar refractivity (Wildman–Crippen MR) is 49.6 cm³/mol. The van der Waals surface area contributed by atoms with Gasteiger partial charge in [-0.2, -0.15) is 5.26 Å². The molecule has 0 aliphatic carbocycles. The van der Waals surface area contributed by atoms with Crippen LogP contribution in [-0.4, -0.2) is 4.92 Å². The van der Waals surface area contributed by atoms with Crippen molar-refractivity contribution in [3.05, 3.63) is 27.1 Å². The lowest BCUT2D eigenvalue weighted by molar-refractivity contribution is -0.381. The van der Waals surface area contributed by atoms with Gasteiger partial charge in [-0.15, -0.1) is 0 Å². The van der Waals surface area contributed by atoms with Gasteiger partial charge in [-0.1, -0.05) is 11.3 Å². The molecule has 13 heavy (non-hydrogen) atoms. The molecule has 0 amide bonds. The van der Waals surface area contributed by atoms with Crippen LogP contribution in [0.3, 0.4) is 0 Å². The van der Waals surface area contributed by atoms with Crippen molar-refractivity contribution in [2.24, 2.45) is 0 Å². The van der Waals surface area contributed by atoms with Crippen molar-refractivity contribution in [3.63, 3.8) is 0 Å². The summed E-state index contributed by atoms with van der Waals surface area (Å²) in [5.41, 5.74) is -0.299. The van der Waals surface area contributed by atoms with Gasteiger partial charge in [0.05, 0.1) is 22.0 Å². The summed E-state index contributed by atoms with van der Waals surface area (Å²) in [6.45, 7) is 3.34. The molecule has 0 atom stereocenters. The molecule has 0 spiro atoms. The van der Waals surface area contributed by atoms with E-state index >= 15 is 0 Å². The maximum absolute atomic E-state index is 10.6. The van der Waals surface area contributed by atoms with Crippen LogP contribution in [0.25, 0.3) is 0 Å². The maximum atomic E-state index is 10.6. The van der Waals surface area contributed by atoms with Gasteiger partial charge in [0.15, 0.2) is 0 Å². The molecule has 0 saturated heterocycles. The highest BCUT2D eigenvalue weighted by Gasteiger charge is 2.29. The highest BCUT2D eigenvalue weighted by molar-refractivity contribution is 7.13. The highest BCUT2D eigenvalue weighted by Crippen LogP contribution is 2.35. The van der Waals surface area contributed by atoms with E-state index in [0.29, 0.717) is 5.56 Å². The van der Waals surface area contributed by atoms with E-state index in [0.717, 1.165) is 11.3 Å². The zero-order valence-electron chi connectivity index (χ0n) is 7.27. The number of nitrogens with zero attached hydrogens (tertiary/aromatic N) is 2. The Morgan fingerprint density at radius 2 is 2.31 bits per heavy atom. The number of thiophene rings is 1. The van der Waals surface area contributed by atoms with Crippen LogP contribution in [0.1, 0.15) is 19.4 Å². The third-order valence-corrected chi connectivity index (χ3v) is 2.63. The first-order chi connectivity index (χ1) is 5.99. The van der Waals surface area contributed by atoms with Gasteiger partial charge in [0.25, 0.3) is 0 Å². The minimum atomic E-state index is -0.789. The van der Waals surface area contributed by atoms with Crippen molar-refractivity contribution in [2.45, 2.75) is 19.3 Å². The van der Waals surface area contributed by atoms with Crippen molar-refractivity contribution in [3.8, 4) is 6.07 Å². The summed E-state index contributed by atoms with van der Waals surface area (Å²) < 4.78 is 0. The molecule has 4 nitrogen and oxygen atoms in total. The molecule has 5 heteroatoms. The number of hydrogen-bond donors (Lipinski definition) is 0. The minimum Gasteiger partial charge on any atom is -0.258 e. The summed E-state index contributed by atoms with van der Waals surface area (Å²) in [6.07, 6.45) is 0. The van der Waals surface area contributed by atoms with Gasteiger partial charge in [-0.05, 0) is 25.3 Å². The van der Waals surface area contributed by atoms with E-state index in [1.54, 1.807) is 25.3 Å². The van der Waals surface area contributed by atoms with Crippen LogP contribution in [0.4, 0.5) is 5.00 Å².